The van der Waals surface area contributed by atoms with Gasteiger partial charge in [0.25, 0.3) is 0 Å². The van der Waals surface area contributed by atoms with Crippen molar-refractivity contribution in [2.24, 2.45) is 0 Å². The molecule has 3 heteroatoms. The molecule has 1 heterocycles. The van der Waals surface area contributed by atoms with E-state index in [9.17, 15) is 0 Å². The van der Waals surface area contributed by atoms with Crippen LogP contribution >= 0.6 is 0 Å². The van der Waals surface area contributed by atoms with Crippen molar-refractivity contribution in [3.63, 3.8) is 0 Å². The predicted molar refractivity (Wildman–Crippen MR) is 83.8 cm³/mol. The van der Waals surface area contributed by atoms with Crippen LogP contribution in [0.1, 0.15) is 46.0 Å². The van der Waals surface area contributed by atoms with Crippen molar-refractivity contribution in [1.82, 2.24) is 4.98 Å². The van der Waals surface area contributed by atoms with E-state index in [0.717, 1.165) is 17.0 Å². The number of nitrogens with one attached hydrogen (secondary N) is 1. The highest BCUT2D eigenvalue weighted by Gasteiger charge is 2.04. The Balaban J connectivity index is 1.81. The van der Waals surface area contributed by atoms with E-state index in [0.29, 0.717) is 6.04 Å². The summed E-state index contributed by atoms with van der Waals surface area (Å²) in [5.74, 6) is 0.809. The first kappa shape index (κ1) is 14.6. The second-order valence-corrected chi connectivity index (χ2v) is 5.34. The van der Waals surface area contributed by atoms with Gasteiger partial charge in [-0.3, -0.25) is 0 Å². The summed E-state index contributed by atoms with van der Waals surface area (Å²) in [6, 6.07) is 8.84. The zero-order valence-electron chi connectivity index (χ0n) is 12.4. The number of oxazole rings is 1. The molecule has 0 aliphatic heterocycles. The summed E-state index contributed by atoms with van der Waals surface area (Å²) >= 11 is 0. The standard InChI is InChI=1S/C17H24N2O/c1-3-4-5-6-7-14(2)19-16-10-8-15(9-11-16)17-12-18-13-20-17/h8-14,19H,3-7H2,1-2H3. The minimum Gasteiger partial charge on any atom is -0.444 e. The molecule has 3 nitrogen and oxygen atoms in total. The Bertz CT molecular complexity index is 476. The van der Waals surface area contributed by atoms with Crippen LogP contribution in [0.15, 0.2) is 41.3 Å². The molecular formula is C17H24N2O. The van der Waals surface area contributed by atoms with Crippen LogP contribution in [0.25, 0.3) is 11.3 Å². The van der Waals surface area contributed by atoms with Crippen LogP contribution < -0.4 is 5.32 Å². The van der Waals surface area contributed by atoms with Crippen molar-refractivity contribution in [1.29, 1.82) is 0 Å². The molecule has 2 aromatic rings. The quantitative estimate of drug-likeness (QED) is 0.678. The van der Waals surface area contributed by atoms with Gasteiger partial charge in [-0.1, -0.05) is 32.6 Å². The molecule has 1 aromatic carbocycles. The maximum Gasteiger partial charge on any atom is 0.181 e. The highest BCUT2D eigenvalue weighted by Crippen LogP contribution is 2.21. The smallest absolute Gasteiger partial charge is 0.181 e. The average molecular weight is 272 g/mol. The molecule has 1 atom stereocenters. The Morgan fingerprint density at radius 3 is 2.60 bits per heavy atom. The molecule has 0 amide bonds. The largest absolute Gasteiger partial charge is 0.444 e. The summed E-state index contributed by atoms with van der Waals surface area (Å²) in [5, 5.41) is 3.55. The molecule has 1 aromatic heterocycles. The molecule has 0 fully saturated rings. The molecule has 1 N–H and O–H groups in total. The maximum absolute atomic E-state index is 5.29. The molecule has 0 spiro atoms. The van der Waals surface area contributed by atoms with E-state index in [2.05, 4.69) is 48.4 Å². The van der Waals surface area contributed by atoms with E-state index in [-0.39, 0.29) is 0 Å². The summed E-state index contributed by atoms with van der Waals surface area (Å²) in [5.41, 5.74) is 2.22. The Hall–Kier alpha value is -1.77. The van der Waals surface area contributed by atoms with Gasteiger partial charge in [0, 0.05) is 17.3 Å². The van der Waals surface area contributed by atoms with E-state index in [4.69, 9.17) is 4.42 Å². The van der Waals surface area contributed by atoms with Crippen LogP contribution in [0, 0.1) is 0 Å². The number of benzene rings is 1. The van der Waals surface area contributed by atoms with Crippen molar-refractivity contribution in [2.75, 3.05) is 5.32 Å². The zero-order chi connectivity index (χ0) is 14.2. The molecule has 0 saturated heterocycles. The topological polar surface area (TPSA) is 38.1 Å². The van der Waals surface area contributed by atoms with Gasteiger partial charge in [0.05, 0.1) is 6.20 Å². The number of hydrogen-bond donors (Lipinski definition) is 1. The first-order valence-electron chi connectivity index (χ1n) is 7.55. The van der Waals surface area contributed by atoms with Crippen LogP contribution in [0.5, 0.6) is 0 Å². The van der Waals surface area contributed by atoms with Gasteiger partial charge >= 0.3 is 0 Å². The van der Waals surface area contributed by atoms with Crippen molar-refractivity contribution < 1.29 is 4.42 Å². The number of hydrogen-bond acceptors (Lipinski definition) is 3. The SMILES string of the molecule is CCCCCCC(C)Nc1ccc(-c2cnco2)cc1. The molecule has 2 rings (SSSR count). The van der Waals surface area contributed by atoms with E-state index >= 15 is 0 Å². The normalized spacial score (nSPS) is 12.3. The van der Waals surface area contributed by atoms with Crippen molar-refractivity contribution >= 4 is 5.69 Å². The first-order valence-corrected chi connectivity index (χ1v) is 7.55. The molecule has 0 aliphatic carbocycles. The molecular weight excluding hydrogens is 248 g/mol. The maximum atomic E-state index is 5.29. The third-order valence-corrected chi connectivity index (χ3v) is 3.51. The van der Waals surface area contributed by atoms with Gasteiger partial charge < -0.3 is 9.73 Å². The average Bonchev–Trinajstić information content (AvgIpc) is 2.99. The Morgan fingerprint density at radius 2 is 1.95 bits per heavy atom. The van der Waals surface area contributed by atoms with Gasteiger partial charge in [0.2, 0.25) is 0 Å². The molecule has 0 bridgehead atoms. The summed E-state index contributed by atoms with van der Waals surface area (Å²) in [6.07, 6.45) is 9.71. The van der Waals surface area contributed by atoms with Gasteiger partial charge in [-0.15, -0.1) is 0 Å². The third-order valence-electron chi connectivity index (χ3n) is 3.51. The fourth-order valence-electron chi connectivity index (χ4n) is 2.32. The van der Waals surface area contributed by atoms with Gasteiger partial charge in [-0.25, -0.2) is 4.98 Å². The Kier molecular flexibility index (Phi) is 5.66. The van der Waals surface area contributed by atoms with E-state index < -0.39 is 0 Å². The Labute approximate surface area is 121 Å². The highest BCUT2D eigenvalue weighted by atomic mass is 16.3. The van der Waals surface area contributed by atoms with Gasteiger partial charge in [0.1, 0.15) is 0 Å². The van der Waals surface area contributed by atoms with Crippen molar-refractivity contribution in [3.05, 3.63) is 36.9 Å². The lowest BCUT2D eigenvalue weighted by Crippen LogP contribution is -2.14. The van der Waals surface area contributed by atoms with Crippen LogP contribution in [0.4, 0.5) is 5.69 Å². The van der Waals surface area contributed by atoms with Crippen LogP contribution in [0.3, 0.4) is 0 Å². The number of rotatable bonds is 8. The number of aromatic nitrogens is 1. The fourth-order valence-corrected chi connectivity index (χ4v) is 2.32. The molecule has 20 heavy (non-hydrogen) atoms. The third kappa shape index (κ3) is 4.41. The lowest BCUT2D eigenvalue weighted by atomic mass is 10.1. The minimum atomic E-state index is 0.517. The monoisotopic (exact) mass is 272 g/mol. The van der Waals surface area contributed by atoms with Crippen LogP contribution in [0.2, 0.25) is 0 Å². The van der Waals surface area contributed by atoms with E-state index in [1.165, 1.54) is 38.5 Å². The molecule has 0 aliphatic rings. The van der Waals surface area contributed by atoms with Gasteiger partial charge in [0.15, 0.2) is 12.2 Å². The van der Waals surface area contributed by atoms with Gasteiger partial charge in [-0.05, 0) is 37.6 Å². The minimum absolute atomic E-state index is 0.517. The molecule has 0 saturated carbocycles. The second-order valence-electron chi connectivity index (χ2n) is 5.34. The zero-order valence-corrected chi connectivity index (χ0v) is 12.4. The highest BCUT2D eigenvalue weighted by molar-refractivity contribution is 5.60. The second kappa shape index (κ2) is 7.73. The molecule has 0 radical (unpaired) electrons. The van der Waals surface area contributed by atoms with Gasteiger partial charge in [-0.2, -0.15) is 0 Å². The summed E-state index contributed by atoms with van der Waals surface area (Å²) in [4.78, 5) is 3.94. The molecule has 1 unspecified atom stereocenters. The summed E-state index contributed by atoms with van der Waals surface area (Å²) in [7, 11) is 0. The summed E-state index contributed by atoms with van der Waals surface area (Å²) < 4.78 is 5.29. The molecule has 108 valence electrons. The van der Waals surface area contributed by atoms with E-state index in [1.807, 2.05) is 0 Å². The number of nitrogens with zero attached hydrogens (tertiary/aromatic N) is 1. The van der Waals surface area contributed by atoms with Crippen LogP contribution in [-0.2, 0) is 0 Å². The lowest BCUT2D eigenvalue weighted by Gasteiger charge is -2.15. The fraction of sp³-hybridized carbons (Fsp3) is 0.471. The number of unbranched alkanes of at least 4 members (excludes halogenated alkanes) is 3. The van der Waals surface area contributed by atoms with Crippen LogP contribution in [-0.4, -0.2) is 11.0 Å². The lowest BCUT2D eigenvalue weighted by molar-refractivity contribution is 0.572. The number of anilines is 1. The Morgan fingerprint density at radius 1 is 1.15 bits per heavy atom. The predicted octanol–water partition coefficient (Wildman–Crippen LogP) is 5.11. The van der Waals surface area contributed by atoms with Crippen molar-refractivity contribution in [2.45, 2.75) is 52.0 Å². The van der Waals surface area contributed by atoms with Crippen molar-refractivity contribution in [3.8, 4) is 11.3 Å². The van der Waals surface area contributed by atoms with E-state index in [1.54, 1.807) is 6.20 Å². The summed E-state index contributed by atoms with van der Waals surface area (Å²) in [6.45, 7) is 4.49. The first-order chi connectivity index (χ1) is 9.79.